The highest BCUT2D eigenvalue weighted by molar-refractivity contribution is 7.89. The van der Waals surface area contributed by atoms with Crippen molar-refractivity contribution in [3.8, 4) is 0 Å². The van der Waals surface area contributed by atoms with E-state index in [2.05, 4.69) is 17.6 Å². The Bertz CT molecular complexity index is 911. The molecule has 2 heterocycles. The molecule has 1 aromatic rings. The summed E-state index contributed by atoms with van der Waals surface area (Å²) in [6.45, 7) is 6.83. The quantitative estimate of drug-likeness (QED) is 0.552. The molecule has 1 aromatic carbocycles. The molecule has 2 aliphatic rings. The molecule has 8 nitrogen and oxygen atoms in total. The molecule has 0 aliphatic carbocycles. The standard InChI is InChI=1S/C25H40N4O4S/c1-3-9-20(2)26-25(31)21-10-8-15-28(18-21)19-24(30)27-22-11-13-23(14-12-22)34(32,33)29-16-6-4-5-7-17-29/h11-14,20-21H,3-10,15-19H2,1-2H3,(H,26,31)(H,27,30). The molecule has 3 rings (SSSR count). The molecule has 2 fully saturated rings. The van der Waals surface area contributed by atoms with Crippen LogP contribution in [-0.2, 0) is 19.6 Å². The van der Waals surface area contributed by atoms with Gasteiger partial charge in [-0.3, -0.25) is 14.5 Å². The van der Waals surface area contributed by atoms with Crippen LogP contribution in [0.1, 0.15) is 65.2 Å². The van der Waals surface area contributed by atoms with Crippen molar-refractivity contribution >= 4 is 27.5 Å². The Hall–Kier alpha value is -1.97. The maximum absolute atomic E-state index is 12.9. The number of carbonyl (C=O) groups excluding carboxylic acids is 2. The van der Waals surface area contributed by atoms with E-state index in [-0.39, 0.29) is 35.2 Å². The molecule has 0 radical (unpaired) electrons. The molecule has 2 unspecified atom stereocenters. The van der Waals surface area contributed by atoms with Crippen LogP contribution >= 0.6 is 0 Å². The zero-order valence-corrected chi connectivity index (χ0v) is 21.4. The topological polar surface area (TPSA) is 98.8 Å². The van der Waals surface area contributed by atoms with E-state index in [1.54, 1.807) is 28.6 Å². The number of nitrogens with one attached hydrogen (secondary N) is 2. The van der Waals surface area contributed by atoms with E-state index in [4.69, 9.17) is 0 Å². The summed E-state index contributed by atoms with van der Waals surface area (Å²) in [6, 6.07) is 6.58. The van der Waals surface area contributed by atoms with Gasteiger partial charge in [0.15, 0.2) is 0 Å². The first kappa shape index (κ1) is 26.6. The molecule has 9 heteroatoms. The Morgan fingerprint density at radius 1 is 1.03 bits per heavy atom. The molecule has 2 saturated heterocycles. The lowest BCUT2D eigenvalue weighted by atomic mass is 9.96. The minimum absolute atomic E-state index is 0.0762. The lowest BCUT2D eigenvalue weighted by Gasteiger charge is -2.32. The molecule has 34 heavy (non-hydrogen) atoms. The molecule has 2 aliphatic heterocycles. The third-order valence-corrected chi connectivity index (χ3v) is 8.61. The van der Waals surface area contributed by atoms with E-state index in [0.717, 1.165) is 57.9 Å². The largest absolute Gasteiger partial charge is 0.353 e. The Labute approximate surface area is 204 Å². The van der Waals surface area contributed by atoms with Crippen molar-refractivity contribution in [2.24, 2.45) is 5.92 Å². The number of likely N-dealkylation sites (tertiary alicyclic amines) is 1. The highest BCUT2D eigenvalue weighted by atomic mass is 32.2. The second kappa shape index (κ2) is 12.7. The van der Waals surface area contributed by atoms with Gasteiger partial charge in [0.1, 0.15) is 0 Å². The van der Waals surface area contributed by atoms with Gasteiger partial charge in [0.2, 0.25) is 21.8 Å². The Balaban J connectivity index is 1.51. The number of anilines is 1. The molecular weight excluding hydrogens is 452 g/mol. The van der Waals surface area contributed by atoms with Gasteiger partial charge in [0.05, 0.1) is 17.4 Å². The number of hydrogen-bond acceptors (Lipinski definition) is 5. The molecule has 0 saturated carbocycles. The van der Waals surface area contributed by atoms with Crippen LogP contribution in [-0.4, -0.2) is 68.2 Å². The smallest absolute Gasteiger partial charge is 0.243 e. The third kappa shape index (κ3) is 7.52. The maximum Gasteiger partial charge on any atom is 0.243 e. The first-order valence-electron chi connectivity index (χ1n) is 12.7. The second-order valence-corrected chi connectivity index (χ2v) is 11.6. The van der Waals surface area contributed by atoms with Crippen molar-refractivity contribution in [3.05, 3.63) is 24.3 Å². The van der Waals surface area contributed by atoms with E-state index < -0.39 is 10.0 Å². The van der Waals surface area contributed by atoms with E-state index in [1.165, 1.54) is 0 Å². The average Bonchev–Trinajstić information content (AvgIpc) is 3.10. The minimum Gasteiger partial charge on any atom is -0.353 e. The lowest BCUT2D eigenvalue weighted by molar-refractivity contribution is -0.128. The van der Waals surface area contributed by atoms with E-state index in [9.17, 15) is 18.0 Å². The van der Waals surface area contributed by atoms with Crippen molar-refractivity contribution in [2.45, 2.75) is 76.2 Å². The monoisotopic (exact) mass is 492 g/mol. The highest BCUT2D eigenvalue weighted by Gasteiger charge is 2.28. The highest BCUT2D eigenvalue weighted by Crippen LogP contribution is 2.22. The first-order valence-corrected chi connectivity index (χ1v) is 14.2. The number of amides is 2. The number of sulfonamides is 1. The number of nitrogens with zero attached hydrogens (tertiary/aromatic N) is 2. The van der Waals surface area contributed by atoms with E-state index >= 15 is 0 Å². The third-order valence-electron chi connectivity index (χ3n) is 6.69. The van der Waals surface area contributed by atoms with Crippen molar-refractivity contribution in [2.75, 3.05) is 38.0 Å². The number of piperidine rings is 1. The normalized spacial score (nSPS) is 21.4. The summed E-state index contributed by atoms with van der Waals surface area (Å²) in [5.41, 5.74) is 0.569. The maximum atomic E-state index is 12.9. The van der Waals surface area contributed by atoms with Gasteiger partial charge in [0, 0.05) is 31.4 Å². The van der Waals surface area contributed by atoms with E-state index in [1.807, 2.05) is 11.8 Å². The predicted molar refractivity (Wildman–Crippen MR) is 134 cm³/mol. The molecule has 0 spiro atoms. The Morgan fingerprint density at radius 3 is 2.35 bits per heavy atom. The summed E-state index contributed by atoms with van der Waals surface area (Å²) in [7, 11) is -3.51. The Morgan fingerprint density at radius 2 is 1.71 bits per heavy atom. The molecule has 0 aromatic heterocycles. The van der Waals surface area contributed by atoms with Gasteiger partial charge in [-0.15, -0.1) is 0 Å². The average molecular weight is 493 g/mol. The van der Waals surface area contributed by atoms with Crippen LogP contribution < -0.4 is 10.6 Å². The van der Waals surface area contributed by atoms with Gasteiger partial charge in [-0.05, 0) is 69.8 Å². The molecular formula is C25H40N4O4S. The molecule has 190 valence electrons. The van der Waals surface area contributed by atoms with E-state index in [0.29, 0.717) is 25.3 Å². The van der Waals surface area contributed by atoms with Crippen LogP contribution in [0, 0.1) is 5.92 Å². The van der Waals surface area contributed by atoms with Gasteiger partial charge in [-0.1, -0.05) is 26.2 Å². The van der Waals surface area contributed by atoms with Gasteiger partial charge >= 0.3 is 0 Å². The van der Waals surface area contributed by atoms with Gasteiger partial charge < -0.3 is 10.6 Å². The second-order valence-electron chi connectivity index (χ2n) is 9.66. The summed E-state index contributed by atoms with van der Waals surface area (Å²) in [5.74, 6) is -0.180. The molecule has 2 atom stereocenters. The summed E-state index contributed by atoms with van der Waals surface area (Å²) in [5, 5.41) is 5.95. The van der Waals surface area contributed by atoms with Crippen LogP contribution in [0.3, 0.4) is 0 Å². The molecule has 2 amide bonds. The summed E-state index contributed by atoms with van der Waals surface area (Å²) >= 11 is 0. The number of carbonyl (C=O) groups is 2. The van der Waals surface area contributed by atoms with Crippen molar-refractivity contribution in [3.63, 3.8) is 0 Å². The zero-order chi connectivity index (χ0) is 24.6. The predicted octanol–water partition coefficient (Wildman–Crippen LogP) is 3.21. The minimum atomic E-state index is -3.51. The molecule has 0 bridgehead atoms. The molecule has 2 N–H and O–H groups in total. The summed E-state index contributed by atoms with van der Waals surface area (Å²) in [6.07, 6.45) is 7.64. The van der Waals surface area contributed by atoms with Crippen LogP contribution in [0.4, 0.5) is 5.69 Å². The van der Waals surface area contributed by atoms with Gasteiger partial charge in [-0.25, -0.2) is 8.42 Å². The van der Waals surface area contributed by atoms with Crippen LogP contribution in [0.2, 0.25) is 0 Å². The van der Waals surface area contributed by atoms with Crippen molar-refractivity contribution in [1.29, 1.82) is 0 Å². The van der Waals surface area contributed by atoms with Crippen LogP contribution in [0.25, 0.3) is 0 Å². The summed E-state index contributed by atoms with van der Waals surface area (Å²) in [4.78, 5) is 27.4. The first-order chi connectivity index (χ1) is 16.3. The lowest BCUT2D eigenvalue weighted by Crippen LogP contribution is -2.47. The Kier molecular flexibility index (Phi) is 9.91. The number of hydrogen-bond donors (Lipinski definition) is 2. The number of benzene rings is 1. The zero-order valence-electron chi connectivity index (χ0n) is 20.6. The van der Waals surface area contributed by atoms with Crippen molar-refractivity contribution in [1.82, 2.24) is 14.5 Å². The van der Waals surface area contributed by atoms with Crippen molar-refractivity contribution < 1.29 is 18.0 Å². The van der Waals surface area contributed by atoms with Gasteiger partial charge in [-0.2, -0.15) is 4.31 Å². The fourth-order valence-electron chi connectivity index (χ4n) is 4.82. The summed E-state index contributed by atoms with van der Waals surface area (Å²) < 4.78 is 27.4. The van der Waals surface area contributed by atoms with Gasteiger partial charge in [0.25, 0.3) is 0 Å². The van der Waals surface area contributed by atoms with Crippen LogP contribution in [0.15, 0.2) is 29.2 Å². The number of rotatable bonds is 9. The fourth-order valence-corrected chi connectivity index (χ4v) is 6.34. The SMILES string of the molecule is CCCC(C)NC(=O)C1CCCN(CC(=O)Nc2ccc(S(=O)(=O)N3CCCCCC3)cc2)C1. The van der Waals surface area contributed by atoms with Crippen LogP contribution in [0.5, 0.6) is 0 Å². The fraction of sp³-hybridized carbons (Fsp3) is 0.680.